The third kappa shape index (κ3) is 3.06. The maximum Gasteiger partial charge on any atom is 0.238 e. The maximum atomic E-state index is 12.1. The zero-order valence-electron chi connectivity index (χ0n) is 11.1. The molecule has 2 atom stereocenters. The van der Waals surface area contributed by atoms with Crippen LogP contribution in [0.2, 0.25) is 5.02 Å². The molecule has 2 heterocycles. The van der Waals surface area contributed by atoms with Gasteiger partial charge in [-0.05, 0) is 31.0 Å². The summed E-state index contributed by atoms with van der Waals surface area (Å²) in [6, 6.07) is 5.06. The van der Waals surface area contributed by atoms with Crippen LogP contribution in [-0.2, 0) is 9.53 Å². The minimum Gasteiger partial charge on any atom is -0.399 e. The lowest BCUT2D eigenvalue weighted by atomic mass is 10.2. The van der Waals surface area contributed by atoms with Crippen molar-refractivity contribution in [3.05, 3.63) is 23.2 Å². The number of halogens is 1. The average Bonchev–Trinajstić information content (AvgIpc) is 2.73. The summed E-state index contributed by atoms with van der Waals surface area (Å²) in [5.74, 6) is -0.0706. The number of amides is 1. The van der Waals surface area contributed by atoms with Crippen LogP contribution in [0.5, 0.6) is 0 Å². The zero-order valence-corrected chi connectivity index (χ0v) is 11.9. The smallest absolute Gasteiger partial charge is 0.238 e. The van der Waals surface area contributed by atoms with E-state index in [4.69, 9.17) is 22.1 Å². The number of anilines is 2. The van der Waals surface area contributed by atoms with Crippen LogP contribution in [0.15, 0.2) is 18.2 Å². The number of morpholine rings is 1. The number of ether oxygens (including phenoxy) is 1. The summed E-state index contributed by atoms with van der Waals surface area (Å²) in [5, 5.41) is 3.31. The second-order valence-corrected chi connectivity index (χ2v) is 5.85. The van der Waals surface area contributed by atoms with Gasteiger partial charge in [-0.3, -0.25) is 9.69 Å². The Kier molecular flexibility index (Phi) is 3.83. The fraction of sp³-hybridized carbons (Fsp3) is 0.500. The van der Waals surface area contributed by atoms with Gasteiger partial charge in [-0.25, -0.2) is 0 Å². The molecule has 2 unspecified atom stereocenters. The fourth-order valence-electron chi connectivity index (χ4n) is 2.86. The number of nitrogens with one attached hydrogen (secondary N) is 1. The van der Waals surface area contributed by atoms with E-state index in [0.29, 0.717) is 22.9 Å². The Bertz CT molecular complexity index is 511. The number of benzene rings is 1. The number of fused-ring (bicyclic) bond motifs is 2. The molecule has 5 nitrogen and oxygen atoms in total. The molecule has 0 radical (unpaired) electrons. The molecule has 0 saturated carbocycles. The molecule has 6 heteroatoms. The van der Waals surface area contributed by atoms with Gasteiger partial charge in [-0.2, -0.15) is 0 Å². The lowest BCUT2D eigenvalue weighted by Gasteiger charge is -2.31. The van der Waals surface area contributed by atoms with E-state index in [0.717, 1.165) is 25.9 Å². The Labute approximate surface area is 123 Å². The van der Waals surface area contributed by atoms with Gasteiger partial charge < -0.3 is 15.8 Å². The number of hydrogen-bond donors (Lipinski definition) is 2. The van der Waals surface area contributed by atoms with Gasteiger partial charge in [-0.1, -0.05) is 11.6 Å². The third-order valence-electron chi connectivity index (χ3n) is 3.75. The van der Waals surface area contributed by atoms with Gasteiger partial charge in [0.15, 0.2) is 0 Å². The van der Waals surface area contributed by atoms with Gasteiger partial charge in [0.1, 0.15) is 0 Å². The standard InChI is InChI=1S/C14H18ClN3O2/c15-12-4-1-9(16)5-13(12)17-14(19)8-18-6-10-2-3-11(7-18)20-10/h1,4-5,10-11H,2-3,6-8,16H2,(H,17,19). The highest BCUT2D eigenvalue weighted by molar-refractivity contribution is 6.33. The van der Waals surface area contributed by atoms with Crippen LogP contribution in [0.25, 0.3) is 0 Å². The molecule has 1 aromatic rings. The first kappa shape index (κ1) is 13.7. The van der Waals surface area contributed by atoms with E-state index in [1.54, 1.807) is 18.2 Å². The van der Waals surface area contributed by atoms with Crippen LogP contribution in [0.4, 0.5) is 11.4 Å². The Morgan fingerprint density at radius 3 is 2.80 bits per heavy atom. The molecule has 2 fully saturated rings. The van der Waals surface area contributed by atoms with Gasteiger partial charge in [0, 0.05) is 18.8 Å². The summed E-state index contributed by atoms with van der Waals surface area (Å²) in [6.07, 6.45) is 2.78. The van der Waals surface area contributed by atoms with Crippen molar-refractivity contribution < 1.29 is 9.53 Å². The van der Waals surface area contributed by atoms with Crippen LogP contribution in [0.1, 0.15) is 12.8 Å². The summed E-state index contributed by atoms with van der Waals surface area (Å²) < 4.78 is 5.75. The highest BCUT2D eigenvalue weighted by atomic mass is 35.5. The average molecular weight is 296 g/mol. The minimum atomic E-state index is -0.0706. The van der Waals surface area contributed by atoms with Crippen LogP contribution < -0.4 is 11.1 Å². The molecular weight excluding hydrogens is 278 g/mol. The van der Waals surface area contributed by atoms with E-state index >= 15 is 0 Å². The van der Waals surface area contributed by atoms with Crippen molar-refractivity contribution in [1.82, 2.24) is 4.90 Å². The van der Waals surface area contributed by atoms with Crippen LogP contribution in [0, 0.1) is 0 Å². The van der Waals surface area contributed by atoms with Crippen LogP contribution in [-0.4, -0.2) is 42.6 Å². The number of rotatable bonds is 3. The highest BCUT2D eigenvalue weighted by Gasteiger charge is 2.34. The molecule has 2 aliphatic rings. The maximum absolute atomic E-state index is 12.1. The van der Waals surface area contributed by atoms with Gasteiger partial charge in [0.25, 0.3) is 0 Å². The number of carbonyl (C=O) groups is 1. The quantitative estimate of drug-likeness (QED) is 0.833. The summed E-state index contributed by atoms with van der Waals surface area (Å²) in [6.45, 7) is 2.02. The SMILES string of the molecule is Nc1ccc(Cl)c(NC(=O)CN2CC3CCC(C2)O3)c1. The van der Waals surface area contributed by atoms with Crippen molar-refractivity contribution in [3.63, 3.8) is 0 Å². The van der Waals surface area contributed by atoms with E-state index in [2.05, 4.69) is 10.2 Å². The van der Waals surface area contributed by atoms with Gasteiger partial charge in [0.05, 0.1) is 29.5 Å². The third-order valence-corrected chi connectivity index (χ3v) is 4.08. The van der Waals surface area contributed by atoms with Crippen molar-refractivity contribution in [1.29, 1.82) is 0 Å². The lowest BCUT2D eigenvalue weighted by molar-refractivity contribution is -0.119. The van der Waals surface area contributed by atoms with E-state index < -0.39 is 0 Å². The van der Waals surface area contributed by atoms with E-state index in [1.165, 1.54) is 0 Å². The molecule has 0 aliphatic carbocycles. The zero-order chi connectivity index (χ0) is 14.1. The first-order chi connectivity index (χ1) is 9.60. The fourth-order valence-corrected chi connectivity index (χ4v) is 3.02. The number of nitrogens with zero attached hydrogens (tertiary/aromatic N) is 1. The number of carbonyl (C=O) groups excluding carboxylic acids is 1. The van der Waals surface area contributed by atoms with Crippen LogP contribution >= 0.6 is 11.6 Å². The summed E-state index contributed by atoms with van der Waals surface area (Å²) in [5.41, 5.74) is 6.84. The second-order valence-electron chi connectivity index (χ2n) is 5.44. The number of likely N-dealkylation sites (tertiary alicyclic amines) is 1. The second kappa shape index (κ2) is 5.60. The molecule has 2 aliphatic heterocycles. The van der Waals surface area contributed by atoms with Gasteiger partial charge >= 0.3 is 0 Å². The predicted octanol–water partition coefficient (Wildman–Crippen LogP) is 1.72. The first-order valence-corrected chi connectivity index (χ1v) is 7.20. The van der Waals surface area contributed by atoms with Crippen molar-refractivity contribution >= 4 is 28.9 Å². The molecule has 0 aromatic heterocycles. The van der Waals surface area contributed by atoms with Gasteiger partial charge in [0.2, 0.25) is 5.91 Å². The first-order valence-electron chi connectivity index (χ1n) is 6.83. The minimum absolute atomic E-state index is 0.0706. The molecule has 3 N–H and O–H groups in total. The number of nitrogen functional groups attached to an aromatic ring is 1. The monoisotopic (exact) mass is 295 g/mol. The topological polar surface area (TPSA) is 67.6 Å². The largest absolute Gasteiger partial charge is 0.399 e. The molecular formula is C14H18ClN3O2. The molecule has 0 spiro atoms. The van der Waals surface area contributed by atoms with E-state index in [9.17, 15) is 4.79 Å². The van der Waals surface area contributed by atoms with E-state index in [-0.39, 0.29) is 18.1 Å². The van der Waals surface area contributed by atoms with Crippen molar-refractivity contribution in [3.8, 4) is 0 Å². The molecule has 1 aromatic carbocycles. The molecule has 108 valence electrons. The van der Waals surface area contributed by atoms with Crippen molar-refractivity contribution in [2.45, 2.75) is 25.0 Å². The van der Waals surface area contributed by atoms with Gasteiger partial charge in [-0.15, -0.1) is 0 Å². The Morgan fingerprint density at radius 1 is 1.40 bits per heavy atom. The molecule has 2 bridgehead atoms. The molecule has 20 heavy (non-hydrogen) atoms. The van der Waals surface area contributed by atoms with Crippen LogP contribution in [0.3, 0.4) is 0 Å². The molecule has 3 rings (SSSR count). The summed E-state index contributed by atoms with van der Waals surface area (Å²) in [7, 11) is 0. The normalized spacial score (nSPS) is 25.6. The Hall–Kier alpha value is -1.30. The summed E-state index contributed by atoms with van der Waals surface area (Å²) >= 11 is 6.04. The van der Waals surface area contributed by atoms with Crippen molar-refractivity contribution in [2.75, 3.05) is 30.7 Å². The molecule has 1 amide bonds. The number of hydrogen-bond acceptors (Lipinski definition) is 4. The Balaban J connectivity index is 1.58. The predicted molar refractivity (Wildman–Crippen MR) is 78.8 cm³/mol. The lowest BCUT2D eigenvalue weighted by Crippen LogP contribution is -2.45. The summed E-state index contributed by atoms with van der Waals surface area (Å²) in [4.78, 5) is 14.2. The number of nitrogens with two attached hydrogens (primary N) is 1. The molecule has 2 saturated heterocycles. The van der Waals surface area contributed by atoms with E-state index in [1.807, 2.05) is 0 Å². The van der Waals surface area contributed by atoms with Crippen molar-refractivity contribution in [2.24, 2.45) is 0 Å². The Morgan fingerprint density at radius 2 is 2.10 bits per heavy atom. The highest BCUT2D eigenvalue weighted by Crippen LogP contribution is 2.27.